The van der Waals surface area contributed by atoms with Crippen molar-refractivity contribution in [2.24, 2.45) is 0 Å². The summed E-state index contributed by atoms with van der Waals surface area (Å²) in [6.45, 7) is 3.43. The molecule has 1 fully saturated rings. The van der Waals surface area contributed by atoms with Gasteiger partial charge in [-0.15, -0.1) is 0 Å². The lowest BCUT2D eigenvalue weighted by molar-refractivity contribution is -0.137. The van der Waals surface area contributed by atoms with Crippen molar-refractivity contribution in [3.05, 3.63) is 35.4 Å². The summed E-state index contributed by atoms with van der Waals surface area (Å²) in [6.07, 6.45) is -0.250. The van der Waals surface area contributed by atoms with Gasteiger partial charge in [0.15, 0.2) is 0 Å². The van der Waals surface area contributed by atoms with Crippen LogP contribution in [0.2, 0.25) is 0 Å². The van der Waals surface area contributed by atoms with Crippen molar-refractivity contribution in [1.82, 2.24) is 5.32 Å². The Morgan fingerprint density at radius 3 is 2.76 bits per heavy atom. The molecule has 1 aromatic carbocycles. The van der Waals surface area contributed by atoms with Gasteiger partial charge >= 0.3 is 6.18 Å². The van der Waals surface area contributed by atoms with Crippen molar-refractivity contribution in [3.8, 4) is 0 Å². The predicted octanol–water partition coefficient (Wildman–Crippen LogP) is 4.32. The Balaban J connectivity index is 2.13. The molecule has 1 heterocycles. The lowest BCUT2D eigenvalue weighted by Gasteiger charge is -2.28. The molecule has 0 saturated carbocycles. The fourth-order valence-corrected chi connectivity index (χ4v) is 2.77. The third-order valence-corrected chi connectivity index (χ3v) is 3.84. The number of benzene rings is 1. The number of rotatable bonds is 5. The van der Waals surface area contributed by atoms with Crippen molar-refractivity contribution < 1.29 is 17.9 Å². The highest BCUT2D eigenvalue weighted by Crippen LogP contribution is 2.32. The van der Waals surface area contributed by atoms with Crippen LogP contribution >= 0.6 is 0 Å². The fraction of sp³-hybridized carbons (Fsp3) is 0.625. The molecule has 5 heteroatoms. The van der Waals surface area contributed by atoms with Gasteiger partial charge in [0.1, 0.15) is 0 Å². The smallest absolute Gasteiger partial charge is 0.378 e. The van der Waals surface area contributed by atoms with E-state index in [1.54, 1.807) is 6.07 Å². The van der Waals surface area contributed by atoms with E-state index in [4.69, 9.17) is 4.74 Å². The van der Waals surface area contributed by atoms with Gasteiger partial charge in [0.25, 0.3) is 0 Å². The lowest BCUT2D eigenvalue weighted by atomic mass is 9.95. The Labute approximate surface area is 123 Å². The van der Waals surface area contributed by atoms with Crippen LogP contribution in [0.3, 0.4) is 0 Å². The minimum Gasteiger partial charge on any atom is -0.378 e. The van der Waals surface area contributed by atoms with Crippen LogP contribution < -0.4 is 5.32 Å². The number of nitrogens with one attached hydrogen (secondary N) is 1. The summed E-state index contributed by atoms with van der Waals surface area (Å²) in [5.41, 5.74) is 0.0910. The minimum atomic E-state index is -4.30. The van der Waals surface area contributed by atoms with Crippen LogP contribution in [0.5, 0.6) is 0 Å². The Morgan fingerprint density at radius 2 is 2.14 bits per heavy atom. The quantitative estimate of drug-likeness (QED) is 0.874. The standard InChI is InChI=1S/C16H22F3NO/c1-2-20-15(11-14-8-3-4-9-21-14)12-6-5-7-13(10-12)16(17,18)19/h5-7,10,14-15,20H,2-4,8-9,11H2,1H3. The third-order valence-electron chi connectivity index (χ3n) is 3.84. The Kier molecular flexibility index (Phi) is 5.65. The van der Waals surface area contributed by atoms with Gasteiger partial charge in [-0.25, -0.2) is 0 Å². The van der Waals surface area contributed by atoms with Gasteiger partial charge in [-0.3, -0.25) is 0 Å². The normalized spacial score (nSPS) is 21.2. The molecule has 2 atom stereocenters. The van der Waals surface area contributed by atoms with Crippen LogP contribution in [-0.2, 0) is 10.9 Å². The van der Waals surface area contributed by atoms with Crippen LogP contribution in [0.1, 0.15) is 49.8 Å². The zero-order valence-electron chi connectivity index (χ0n) is 12.2. The second kappa shape index (κ2) is 7.27. The van der Waals surface area contributed by atoms with Gasteiger partial charge in [-0.1, -0.05) is 19.1 Å². The molecular formula is C16H22F3NO. The fourth-order valence-electron chi connectivity index (χ4n) is 2.77. The van der Waals surface area contributed by atoms with E-state index in [2.05, 4.69) is 5.32 Å². The number of hydrogen-bond acceptors (Lipinski definition) is 2. The van der Waals surface area contributed by atoms with Crippen LogP contribution in [0.25, 0.3) is 0 Å². The Bertz CT molecular complexity index is 441. The van der Waals surface area contributed by atoms with Gasteiger partial charge in [0.2, 0.25) is 0 Å². The average molecular weight is 301 g/mol. The van der Waals surface area contributed by atoms with Crippen molar-refractivity contribution in [2.45, 2.75) is 50.9 Å². The zero-order chi connectivity index (χ0) is 15.3. The minimum absolute atomic E-state index is 0.0969. The Hall–Kier alpha value is -1.07. The molecule has 1 saturated heterocycles. The van der Waals surface area contributed by atoms with Gasteiger partial charge in [-0.2, -0.15) is 13.2 Å². The molecule has 1 N–H and O–H groups in total. The van der Waals surface area contributed by atoms with E-state index >= 15 is 0 Å². The molecule has 0 radical (unpaired) electrons. The lowest BCUT2D eigenvalue weighted by Crippen LogP contribution is -2.29. The molecule has 2 rings (SSSR count). The number of ether oxygens (including phenoxy) is 1. The van der Waals surface area contributed by atoms with E-state index < -0.39 is 11.7 Å². The van der Waals surface area contributed by atoms with E-state index in [1.165, 1.54) is 12.1 Å². The van der Waals surface area contributed by atoms with Crippen molar-refractivity contribution in [1.29, 1.82) is 0 Å². The monoisotopic (exact) mass is 301 g/mol. The Morgan fingerprint density at radius 1 is 1.33 bits per heavy atom. The van der Waals surface area contributed by atoms with Crippen LogP contribution in [0.4, 0.5) is 13.2 Å². The first-order chi connectivity index (χ1) is 10.0. The van der Waals surface area contributed by atoms with Gasteiger partial charge in [0, 0.05) is 12.6 Å². The summed E-state index contributed by atoms with van der Waals surface area (Å²) in [5, 5.41) is 3.28. The molecule has 0 aliphatic carbocycles. The molecule has 21 heavy (non-hydrogen) atoms. The molecule has 2 unspecified atom stereocenters. The van der Waals surface area contributed by atoms with Crippen LogP contribution in [-0.4, -0.2) is 19.3 Å². The second-order valence-electron chi connectivity index (χ2n) is 5.46. The molecule has 2 nitrogen and oxygen atoms in total. The highest BCUT2D eigenvalue weighted by molar-refractivity contribution is 5.28. The highest BCUT2D eigenvalue weighted by Gasteiger charge is 2.31. The van der Waals surface area contributed by atoms with E-state index in [-0.39, 0.29) is 12.1 Å². The van der Waals surface area contributed by atoms with Crippen molar-refractivity contribution >= 4 is 0 Å². The van der Waals surface area contributed by atoms with E-state index in [0.717, 1.165) is 38.4 Å². The molecule has 0 amide bonds. The van der Waals surface area contributed by atoms with E-state index in [1.807, 2.05) is 6.92 Å². The molecule has 1 aromatic rings. The molecule has 0 spiro atoms. The number of alkyl halides is 3. The summed E-state index contributed by atoms with van der Waals surface area (Å²) in [5.74, 6) is 0. The zero-order valence-corrected chi connectivity index (χ0v) is 12.2. The predicted molar refractivity (Wildman–Crippen MR) is 76.1 cm³/mol. The van der Waals surface area contributed by atoms with Gasteiger partial charge in [-0.05, 0) is 49.9 Å². The molecule has 0 bridgehead atoms. The number of halogens is 3. The maximum absolute atomic E-state index is 12.8. The van der Waals surface area contributed by atoms with Gasteiger partial charge < -0.3 is 10.1 Å². The topological polar surface area (TPSA) is 21.3 Å². The van der Waals surface area contributed by atoms with Crippen LogP contribution in [0, 0.1) is 0 Å². The van der Waals surface area contributed by atoms with Crippen molar-refractivity contribution in [3.63, 3.8) is 0 Å². The van der Waals surface area contributed by atoms with Gasteiger partial charge in [0.05, 0.1) is 11.7 Å². The summed E-state index contributed by atoms with van der Waals surface area (Å²) >= 11 is 0. The summed E-state index contributed by atoms with van der Waals surface area (Å²) in [7, 11) is 0. The molecule has 1 aliphatic rings. The average Bonchev–Trinajstić information content (AvgIpc) is 2.47. The van der Waals surface area contributed by atoms with E-state index in [9.17, 15) is 13.2 Å². The largest absolute Gasteiger partial charge is 0.416 e. The molecular weight excluding hydrogens is 279 g/mol. The summed E-state index contributed by atoms with van der Waals surface area (Å²) < 4.78 is 44.2. The van der Waals surface area contributed by atoms with Crippen molar-refractivity contribution in [2.75, 3.05) is 13.2 Å². The summed E-state index contributed by atoms with van der Waals surface area (Å²) in [6, 6.07) is 5.50. The highest BCUT2D eigenvalue weighted by atomic mass is 19.4. The van der Waals surface area contributed by atoms with E-state index in [0.29, 0.717) is 12.1 Å². The maximum Gasteiger partial charge on any atom is 0.416 e. The first-order valence-electron chi connectivity index (χ1n) is 7.53. The maximum atomic E-state index is 12.8. The molecule has 1 aliphatic heterocycles. The molecule has 0 aromatic heterocycles. The first-order valence-corrected chi connectivity index (χ1v) is 7.53. The van der Waals surface area contributed by atoms with Crippen LogP contribution in [0.15, 0.2) is 24.3 Å². The first kappa shape index (κ1) is 16.3. The second-order valence-corrected chi connectivity index (χ2v) is 5.46. The summed E-state index contributed by atoms with van der Waals surface area (Å²) in [4.78, 5) is 0. The SMILES string of the molecule is CCNC(CC1CCCCO1)c1cccc(C(F)(F)F)c1. The third kappa shape index (κ3) is 4.71. The molecule has 118 valence electrons. The number of hydrogen-bond donors (Lipinski definition) is 1.